The SMILES string of the molecule is CCn1nc(C)cc1C(=O)/N=c1\n(C)c2cc(C(N)=O)cc(OC)c2n1C/C=C/CNc1c(OCCCO[Si](C)(C)C(C)(C)C)cc(C(N)=O)cc1[N+](=O)[O-]. The number of nitrogens with one attached hydrogen (secondary N) is 1. The van der Waals surface area contributed by atoms with Crippen molar-refractivity contribution >= 4 is 48.4 Å². The molecule has 0 aliphatic heterocycles. The van der Waals surface area contributed by atoms with Gasteiger partial charge >= 0.3 is 0 Å². The number of fused-ring (bicyclic) bond motifs is 1. The van der Waals surface area contributed by atoms with Crippen molar-refractivity contribution in [2.75, 3.05) is 32.2 Å². The maximum Gasteiger partial charge on any atom is 0.298 e. The number of benzene rings is 2. The minimum atomic E-state index is -1.98. The molecule has 18 heteroatoms. The first kappa shape index (κ1) is 42.0. The summed E-state index contributed by atoms with van der Waals surface area (Å²) in [6, 6.07) is 7.27. The van der Waals surface area contributed by atoms with Crippen LogP contribution in [0, 0.1) is 17.0 Å². The van der Waals surface area contributed by atoms with Crippen LogP contribution in [0.5, 0.6) is 11.5 Å². The number of carbonyl (C=O) groups is 3. The molecule has 0 unspecified atom stereocenters. The van der Waals surface area contributed by atoms with Crippen molar-refractivity contribution in [3.8, 4) is 11.5 Å². The number of nitro benzene ring substituents is 1. The second-order valence-corrected chi connectivity index (χ2v) is 19.2. The highest BCUT2D eigenvalue weighted by Crippen LogP contribution is 2.38. The van der Waals surface area contributed by atoms with Crippen molar-refractivity contribution in [1.82, 2.24) is 18.9 Å². The predicted molar refractivity (Wildman–Crippen MR) is 211 cm³/mol. The molecule has 2 aromatic heterocycles. The fourth-order valence-electron chi connectivity index (χ4n) is 5.61. The molecule has 0 aliphatic carbocycles. The normalized spacial score (nSPS) is 12.4. The van der Waals surface area contributed by atoms with Crippen LogP contribution in [0.25, 0.3) is 11.0 Å². The summed E-state index contributed by atoms with van der Waals surface area (Å²) in [7, 11) is 1.18. The number of anilines is 1. The van der Waals surface area contributed by atoms with Gasteiger partial charge in [-0.3, -0.25) is 29.2 Å². The topological polar surface area (TPSA) is 226 Å². The van der Waals surface area contributed by atoms with E-state index in [1.807, 2.05) is 6.92 Å². The molecule has 3 amide bonds. The number of imidazole rings is 1. The maximum atomic E-state index is 13.5. The van der Waals surface area contributed by atoms with Crippen LogP contribution in [0.1, 0.15) is 71.0 Å². The summed E-state index contributed by atoms with van der Waals surface area (Å²) < 4.78 is 22.9. The van der Waals surface area contributed by atoms with Crippen LogP contribution in [0.4, 0.5) is 11.4 Å². The average molecular weight is 778 g/mol. The number of nitro groups is 1. The van der Waals surface area contributed by atoms with E-state index in [0.29, 0.717) is 47.7 Å². The van der Waals surface area contributed by atoms with Gasteiger partial charge in [0.05, 0.1) is 29.9 Å². The Balaban J connectivity index is 1.66. The number of nitrogens with two attached hydrogens (primary N) is 2. The van der Waals surface area contributed by atoms with Crippen LogP contribution in [-0.2, 0) is 24.6 Å². The first-order valence-electron chi connectivity index (χ1n) is 17.8. The van der Waals surface area contributed by atoms with Gasteiger partial charge in [0.15, 0.2) is 14.0 Å². The lowest BCUT2D eigenvalue weighted by Crippen LogP contribution is -2.41. The van der Waals surface area contributed by atoms with Crippen molar-refractivity contribution in [3.05, 3.63) is 80.7 Å². The van der Waals surface area contributed by atoms with E-state index >= 15 is 0 Å². The molecule has 0 saturated heterocycles. The van der Waals surface area contributed by atoms with Crippen LogP contribution in [0.2, 0.25) is 18.1 Å². The number of aryl methyl sites for hydroxylation is 3. The number of aromatic nitrogens is 4. The van der Waals surface area contributed by atoms with E-state index in [1.165, 1.54) is 19.2 Å². The number of hydrogen-bond acceptors (Lipinski definition) is 10. The average Bonchev–Trinajstić information content (AvgIpc) is 3.63. The Bertz CT molecular complexity index is 2210. The molecular formula is C37H51N9O8Si. The fourth-order valence-corrected chi connectivity index (χ4v) is 6.70. The summed E-state index contributed by atoms with van der Waals surface area (Å²) in [6.45, 7) is 15.8. The lowest BCUT2D eigenvalue weighted by molar-refractivity contribution is -0.384. The van der Waals surface area contributed by atoms with E-state index in [9.17, 15) is 24.5 Å². The summed E-state index contributed by atoms with van der Waals surface area (Å²) in [4.78, 5) is 53.8. The minimum absolute atomic E-state index is 0.0355. The summed E-state index contributed by atoms with van der Waals surface area (Å²) in [6.07, 6.45) is 4.03. The number of rotatable bonds is 17. The number of primary amides is 2. The van der Waals surface area contributed by atoms with Crippen LogP contribution in [0.15, 0.2) is 47.5 Å². The second-order valence-electron chi connectivity index (χ2n) is 14.4. The lowest BCUT2D eigenvalue weighted by Gasteiger charge is -2.36. The van der Waals surface area contributed by atoms with Gasteiger partial charge in [-0.2, -0.15) is 10.1 Å². The largest absolute Gasteiger partial charge is 0.494 e. The van der Waals surface area contributed by atoms with E-state index in [4.69, 9.17) is 25.4 Å². The van der Waals surface area contributed by atoms with E-state index in [2.05, 4.69) is 49.3 Å². The van der Waals surface area contributed by atoms with E-state index in [-0.39, 0.29) is 58.6 Å². The molecule has 5 N–H and O–H groups in total. The second kappa shape index (κ2) is 17.1. The summed E-state index contributed by atoms with van der Waals surface area (Å²) >= 11 is 0. The standard InChI is InChI=1S/C37H51N9O8Si/c1-10-45-28(18-23(2)42-45)35(49)41-36-43(6)27-20-25(34(39)48)22-30(52-7)32(27)44(36)15-12-11-14-40-31-26(46(50)51)19-24(33(38)47)21-29(31)53-16-13-17-54-55(8,9)37(3,4)5/h11-12,18-22,40H,10,13-17H2,1-9H3,(H2,38,47)(H2,39,48)/b12-11+,41-36+. The molecule has 4 aromatic rings. The number of methoxy groups -OCH3 is 1. The first-order valence-corrected chi connectivity index (χ1v) is 20.7. The molecular weight excluding hydrogens is 727 g/mol. The molecule has 296 valence electrons. The predicted octanol–water partition coefficient (Wildman–Crippen LogP) is 4.82. The van der Waals surface area contributed by atoms with Crippen LogP contribution < -0.4 is 31.9 Å². The Hall–Kier alpha value is -5.75. The zero-order chi connectivity index (χ0) is 40.8. The Morgan fingerprint density at radius 3 is 2.29 bits per heavy atom. The highest BCUT2D eigenvalue weighted by molar-refractivity contribution is 6.74. The Morgan fingerprint density at radius 1 is 1.04 bits per heavy atom. The molecule has 55 heavy (non-hydrogen) atoms. The number of ether oxygens (including phenoxy) is 2. The molecule has 0 radical (unpaired) electrons. The Labute approximate surface area is 320 Å². The van der Waals surface area contributed by atoms with E-state index < -0.39 is 31.0 Å². The number of nitrogens with zero attached hydrogens (tertiary/aromatic N) is 6. The van der Waals surface area contributed by atoms with Crippen molar-refractivity contribution in [2.45, 2.75) is 72.3 Å². The van der Waals surface area contributed by atoms with Crippen molar-refractivity contribution in [1.29, 1.82) is 0 Å². The van der Waals surface area contributed by atoms with Crippen LogP contribution >= 0.6 is 0 Å². The molecule has 0 atom stereocenters. The molecule has 0 aliphatic rings. The van der Waals surface area contributed by atoms with Crippen LogP contribution in [-0.4, -0.2) is 76.7 Å². The summed E-state index contributed by atoms with van der Waals surface area (Å²) in [5.41, 5.74) is 13.3. The third kappa shape index (κ3) is 9.50. The molecule has 0 bridgehead atoms. The fraction of sp³-hybridized carbons (Fsp3) is 0.432. The van der Waals surface area contributed by atoms with Crippen molar-refractivity contribution in [3.63, 3.8) is 0 Å². The Kier molecular flexibility index (Phi) is 13.1. The van der Waals surface area contributed by atoms with Gasteiger partial charge < -0.3 is 39.8 Å². The smallest absolute Gasteiger partial charge is 0.298 e. The molecule has 0 spiro atoms. The van der Waals surface area contributed by atoms with Crippen molar-refractivity contribution in [2.24, 2.45) is 23.5 Å². The van der Waals surface area contributed by atoms with Gasteiger partial charge in [-0.1, -0.05) is 32.9 Å². The van der Waals surface area contributed by atoms with Gasteiger partial charge in [-0.15, -0.1) is 0 Å². The third-order valence-corrected chi connectivity index (χ3v) is 14.1. The molecule has 4 rings (SSSR count). The molecule has 17 nitrogen and oxygen atoms in total. The molecule has 2 aromatic carbocycles. The van der Waals surface area contributed by atoms with Gasteiger partial charge in [-0.05, 0) is 56.2 Å². The number of hydrogen-bond donors (Lipinski definition) is 3. The molecule has 0 saturated carbocycles. The monoisotopic (exact) mass is 777 g/mol. The number of carbonyl (C=O) groups excluding carboxylic acids is 3. The lowest BCUT2D eigenvalue weighted by atomic mass is 10.1. The quantitative estimate of drug-likeness (QED) is 0.0436. The number of allylic oxidation sites excluding steroid dienone is 1. The van der Waals surface area contributed by atoms with Gasteiger partial charge in [0.25, 0.3) is 11.6 Å². The van der Waals surface area contributed by atoms with Gasteiger partial charge in [-0.25, -0.2) is 0 Å². The minimum Gasteiger partial charge on any atom is -0.494 e. The zero-order valence-corrected chi connectivity index (χ0v) is 33.9. The summed E-state index contributed by atoms with van der Waals surface area (Å²) in [5.74, 6) is -1.58. The van der Waals surface area contributed by atoms with Crippen LogP contribution in [0.3, 0.4) is 0 Å². The van der Waals surface area contributed by atoms with E-state index in [1.54, 1.807) is 52.1 Å². The molecule has 0 fully saturated rings. The molecule has 2 heterocycles. The van der Waals surface area contributed by atoms with E-state index in [0.717, 1.165) is 6.07 Å². The van der Waals surface area contributed by atoms with Gasteiger partial charge in [0.1, 0.15) is 22.7 Å². The zero-order valence-electron chi connectivity index (χ0n) is 32.9. The Morgan fingerprint density at radius 2 is 1.69 bits per heavy atom. The first-order chi connectivity index (χ1) is 25.8. The van der Waals surface area contributed by atoms with Crippen molar-refractivity contribution < 1.29 is 33.2 Å². The third-order valence-electron chi connectivity index (χ3n) is 9.58. The van der Waals surface area contributed by atoms with Gasteiger partial charge in [0, 0.05) is 56.9 Å². The highest BCUT2D eigenvalue weighted by atomic mass is 28.4. The maximum absolute atomic E-state index is 13.5. The number of amides is 3. The van der Waals surface area contributed by atoms with Gasteiger partial charge in [0.2, 0.25) is 17.4 Å². The summed E-state index contributed by atoms with van der Waals surface area (Å²) in [5, 5.41) is 19.6. The highest BCUT2D eigenvalue weighted by Gasteiger charge is 2.37.